The van der Waals surface area contributed by atoms with Gasteiger partial charge in [0.1, 0.15) is 11.2 Å². The van der Waals surface area contributed by atoms with Gasteiger partial charge in [0.15, 0.2) is 0 Å². The van der Waals surface area contributed by atoms with Crippen molar-refractivity contribution in [2.45, 2.75) is 0 Å². The molecule has 7 aromatic carbocycles. The molecule has 1 heteroatoms. The van der Waals surface area contributed by atoms with Gasteiger partial charge in [0.25, 0.3) is 0 Å². The fraction of sp³-hybridized carbons (Fsp3) is 0. The fourth-order valence-corrected chi connectivity index (χ4v) is 5.93. The monoisotopic (exact) mass is 501 g/mol. The number of benzene rings is 7. The number of hydrogen-bond donors (Lipinski definition) is 0. The van der Waals surface area contributed by atoms with Crippen molar-refractivity contribution < 1.29 is 11.3 Å². The van der Waals surface area contributed by atoms with E-state index in [-0.39, 0.29) is 29.7 Å². The zero-order valence-corrected chi connectivity index (χ0v) is 20.9. The van der Waals surface area contributed by atoms with Crippen LogP contribution in [0.4, 0.5) is 0 Å². The molecule has 0 amide bonds. The molecule has 0 fully saturated rings. The predicted octanol–water partition coefficient (Wildman–Crippen LogP) is 10.9. The molecular weight excluding hydrogens is 472 g/mol. The van der Waals surface area contributed by atoms with Crippen molar-refractivity contribution in [3.63, 3.8) is 0 Å². The lowest BCUT2D eigenvalue weighted by molar-refractivity contribution is 0.669. The number of hydrogen-bond acceptors (Lipinski definition) is 1. The van der Waals surface area contributed by atoms with Gasteiger partial charge < -0.3 is 4.42 Å². The van der Waals surface area contributed by atoms with E-state index in [0.29, 0.717) is 16.7 Å². The summed E-state index contributed by atoms with van der Waals surface area (Å²) < 4.78 is 48.0. The average Bonchev–Trinajstić information content (AvgIpc) is 3.44. The quantitative estimate of drug-likeness (QED) is 0.219. The SMILES string of the molecule is [2H]c1c([2H])c([2H])c(-c2cccc3oc4cc(-c5c6ccccc6c(-c6ccccc6)c6ccccc56)ccc4c23)c([2H])c1[2H]. The van der Waals surface area contributed by atoms with Crippen LogP contribution >= 0.6 is 0 Å². The highest BCUT2D eigenvalue weighted by atomic mass is 16.3. The highest BCUT2D eigenvalue weighted by Crippen LogP contribution is 2.45. The van der Waals surface area contributed by atoms with Gasteiger partial charge in [0.05, 0.1) is 6.85 Å². The zero-order valence-electron chi connectivity index (χ0n) is 25.9. The van der Waals surface area contributed by atoms with E-state index >= 15 is 0 Å². The highest BCUT2D eigenvalue weighted by Gasteiger charge is 2.18. The predicted molar refractivity (Wildman–Crippen MR) is 165 cm³/mol. The van der Waals surface area contributed by atoms with E-state index < -0.39 is 6.04 Å². The third kappa shape index (κ3) is 3.41. The lowest BCUT2D eigenvalue weighted by atomic mass is 9.86. The molecule has 0 aliphatic heterocycles. The van der Waals surface area contributed by atoms with Crippen LogP contribution in [-0.2, 0) is 0 Å². The maximum atomic E-state index is 8.59. The molecule has 1 aromatic heterocycles. The van der Waals surface area contributed by atoms with Crippen LogP contribution in [0.5, 0.6) is 0 Å². The van der Waals surface area contributed by atoms with Gasteiger partial charge in [-0.25, -0.2) is 0 Å². The van der Waals surface area contributed by atoms with Gasteiger partial charge >= 0.3 is 0 Å². The van der Waals surface area contributed by atoms with Crippen molar-refractivity contribution in [3.8, 4) is 33.4 Å². The molecule has 0 atom stereocenters. The Morgan fingerprint density at radius 2 is 1.05 bits per heavy atom. The standard InChI is InChI=1S/C38H24O/c1-3-12-25(13-4-1)28-20-11-21-34-38(28)33-23-22-27(24-35(33)39-34)37-31-18-9-7-16-29(31)36(26-14-5-2-6-15-26)30-17-8-10-19-32(30)37/h1-24H/i1D,3D,4D,12D,13D. The third-order valence-corrected chi connectivity index (χ3v) is 7.55. The molecule has 1 nitrogen and oxygen atoms in total. The van der Waals surface area contributed by atoms with E-state index in [4.69, 9.17) is 11.3 Å². The molecule has 1 heterocycles. The van der Waals surface area contributed by atoms with Crippen LogP contribution in [0.3, 0.4) is 0 Å². The minimum absolute atomic E-state index is 0.168. The Labute approximate surface area is 233 Å². The summed E-state index contributed by atoms with van der Waals surface area (Å²) in [5.41, 5.74) is 6.47. The minimum Gasteiger partial charge on any atom is -0.456 e. The molecule has 182 valence electrons. The topological polar surface area (TPSA) is 13.1 Å². The van der Waals surface area contributed by atoms with Crippen molar-refractivity contribution in [1.82, 2.24) is 0 Å². The molecule has 0 saturated heterocycles. The summed E-state index contributed by atoms with van der Waals surface area (Å²) in [7, 11) is 0. The summed E-state index contributed by atoms with van der Waals surface area (Å²) in [4.78, 5) is 0. The summed E-state index contributed by atoms with van der Waals surface area (Å²) >= 11 is 0. The van der Waals surface area contributed by atoms with Crippen LogP contribution in [0.1, 0.15) is 6.85 Å². The first-order chi connectivity index (χ1) is 21.4. The lowest BCUT2D eigenvalue weighted by Gasteiger charge is -2.17. The maximum Gasteiger partial charge on any atom is 0.136 e. The lowest BCUT2D eigenvalue weighted by Crippen LogP contribution is -1.90. The molecule has 8 rings (SSSR count). The molecule has 0 unspecified atom stereocenters. The molecule has 0 saturated carbocycles. The van der Waals surface area contributed by atoms with E-state index in [2.05, 4.69) is 84.9 Å². The Hall–Kier alpha value is -5.14. The zero-order chi connectivity index (χ0) is 30.1. The largest absolute Gasteiger partial charge is 0.456 e. The average molecular weight is 502 g/mol. The maximum absolute atomic E-state index is 8.59. The summed E-state index contributed by atoms with van der Waals surface area (Å²) in [6, 6.07) is 37.5. The Morgan fingerprint density at radius 1 is 0.436 bits per heavy atom. The van der Waals surface area contributed by atoms with Crippen LogP contribution in [0, 0.1) is 0 Å². The van der Waals surface area contributed by atoms with E-state index in [0.717, 1.165) is 32.7 Å². The molecule has 0 radical (unpaired) electrons. The van der Waals surface area contributed by atoms with Gasteiger partial charge in [-0.2, -0.15) is 0 Å². The molecule has 0 bridgehead atoms. The molecule has 39 heavy (non-hydrogen) atoms. The van der Waals surface area contributed by atoms with Gasteiger partial charge in [0, 0.05) is 10.8 Å². The first-order valence-corrected chi connectivity index (χ1v) is 13.0. The Morgan fingerprint density at radius 3 is 1.72 bits per heavy atom. The highest BCUT2D eigenvalue weighted by molar-refractivity contribution is 6.22. The second-order valence-electron chi connectivity index (χ2n) is 9.70. The molecular formula is C38H24O. The second-order valence-corrected chi connectivity index (χ2v) is 9.70. The van der Waals surface area contributed by atoms with Crippen LogP contribution in [-0.4, -0.2) is 0 Å². The van der Waals surface area contributed by atoms with Crippen molar-refractivity contribution in [3.05, 3.63) is 145 Å². The smallest absolute Gasteiger partial charge is 0.136 e. The van der Waals surface area contributed by atoms with Gasteiger partial charge in [0.2, 0.25) is 0 Å². The third-order valence-electron chi connectivity index (χ3n) is 7.55. The Balaban J connectivity index is 1.42. The molecule has 0 N–H and O–H groups in total. The van der Waals surface area contributed by atoms with Crippen molar-refractivity contribution in [2.24, 2.45) is 0 Å². The molecule has 0 aliphatic carbocycles. The first-order valence-electron chi connectivity index (χ1n) is 15.5. The number of fused-ring (bicyclic) bond motifs is 5. The van der Waals surface area contributed by atoms with Crippen LogP contribution in [0.15, 0.2) is 150 Å². The van der Waals surface area contributed by atoms with Crippen molar-refractivity contribution in [2.75, 3.05) is 0 Å². The number of furan rings is 1. The van der Waals surface area contributed by atoms with Crippen molar-refractivity contribution in [1.29, 1.82) is 0 Å². The Bertz CT molecular complexity index is 2360. The molecule has 8 aromatic rings. The second kappa shape index (κ2) is 8.72. The molecule has 0 aliphatic rings. The van der Waals surface area contributed by atoms with Gasteiger partial charge in [-0.1, -0.05) is 127 Å². The summed E-state index contributed by atoms with van der Waals surface area (Å²) in [6.45, 7) is 0. The first kappa shape index (κ1) is 17.4. The van der Waals surface area contributed by atoms with E-state index in [1.165, 1.54) is 21.9 Å². The van der Waals surface area contributed by atoms with E-state index in [1.807, 2.05) is 18.2 Å². The normalized spacial score (nSPS) is 13.4. The van der Waals surface area contributed by atoms with E-state index in [1.54, 1.807) is 12.1 Å². The minimum atomic E-state index is -0.407. The van der Waals surface area contributed by atoms with Crippen molar-refractivity contribution >= 4 is 43.5 Å². The van der Waals surface area contributed by atoms with Gasteiger partial charge in [-0.15, -0.1) is 0 Å². The van der Waals surface area contributed by atoms with Gasteiger partial charge in [-0.3, -0.25) is 0 Å². The van der Waals surface area contributed by atoms with Crippen LogP contribution in [0.25, 0.3) is 76.9 Å². The molecule has 0 spiro atoms. The summed E-state index contributed by atoms with van der Waals surface area (Å²) in [6.07, 6.45) is 0. The van der Waals surface area contributed by atoms with Gasteiger partial charge in [-0.05, 0) is 73.1 Å². The van der Waals surface area contributed by atoms with Crippen LogP contribution < -0.4 is 0 Å². The fourth-order valence-electron chi connectivity index (χ4n) is 5.93. The summed E-state index contributed by atoms with van der Waals surface area (Å²) in [5, 5.41) is 6.16. The number of rotatable bonds is 3. The van der Waals surface area contributed by atoms with E-state index in [9.17, 15) is 0 Å². The Kier molecular flexibility index (Phi) is 3.89. The van der Waals surface area contributed by atoms with Crippen LogP contribution in [0.2, 0.25) is 0 Å². The summed E-state index contributed by atoms with van der Waals surface area (Å²) in [5.74, 6) is 0.